The molecule has 0 spiro atoms. The number of aryl methyl sites for hydroxylation is 3. The first-order chi connectivity index (χ1) is 31.6. The summed E-state index contributed by atoms with van der Waals surface area (Å²) in [7, 11) is 1.32. The van der Waals surface area contributed by atoms with Gasteiger partial charge in [-0.05, 0) is 171 Å². The number of aromatic nitrogens is 9. The fourth-order valence-corrected chi connectivity index (χ4v) is 7.11. The average Bonchev–Trinajstić information content (AvgIpc) is 3.94. The van der Waals surface area contributed by atoms with Crippen LogP contribution in [0.4, 0.5) is 0 Å². The van der Waals surface area contributed by atoms with Crippen molar-refractivity contribution in [2.24, 2.45) is 0 Å². The Bertz CT molecular complexity index is 3040. The maximum atomic E-state index is 11.6. The van der Waals surface area contributed by atoms with E-state index in [4.69, 9.17) is 21.4 Å². The molecule has 6 N–H and O–H groups in total. The lowest BCUT2D eigenvalue weighted by Gasteiger charge is -2.03. The molecule has 25 heteroatoms. The number of carbonyl (C=O) groups excluding carboxylic acids is 3. The largest absolute Gasteiger partial charge is 0.478 e. The number of ketones is 1. The van der Waals surface area contributed by atoms with Gasteiger partial charge in [0.15, 0.2) is 5.78 Å². The summed E-state index contributed by atoms with van der Waals surface area (Å²) in [6, 6.07) is 11.6. The summed E-state index contributed by atoms with van der Waals surface area (Å²) in [6.07, 6.45) is 7.31. The number of pyridine rings is 5. The van der Waals surface area contributed by atoms with Gasteiger partial charge in [-0.1, -0.05) is 11.6 Å². The number of rotatable bonds is 8. The van der Waals surface area contributed by atoms with Crippen LogP contribution in [0.1, 0.15) is 61.5 Å². The van der Waals surface area contributed by atoms with Gasteiger partial charge in [-0.3, -0.25) is 59.3 Å². The number of carboxylic acid groups (broad SMARTS) is 1. The van der Waals surface area contributed by atoms with Gasteiger partial charge in [-0.25, -0.2) is 14.6 Å². The van der Waals surface area contributed by atoms with E-state index in [1.54, 1.807) is 43.6 Å². The smallest absolute Gasteiger partial charge is 0.339 e. The van der Waals surface area contributed by atoms with Crippen LogP contribution in [0, 0.1) is 38.6 Å². The Balaban J connectivity index is 0.000000223. The number of carboxylic acids is 1. The zero-order valence-electron chi connectivity index (χ0n) is 35.5. The molecule has 0 aliphatic heterocycles. The minimum absolute atomic E-state index is 0.129. The van der Waals surface area contributed by atoms with Crippen molar-refractivity contribution >= 4 is 148 Å². The molecule has 7 aromatic rings. The van der Waals surface area contributed by atoms with Crippen molar-refractivity contribution < 1.29 is 33.8 Å². The summed E-state index contributed by atoms with van der Waals surface area (Å²) < 4.78 is 13.4. The number of aromatic amines is 5. The third-order valence-electron chi connectivity index (χ3n) is 8.14. The minimum atomic E-state index is -0.935. The van der Waals surface area contributed by atoms with Crippen molar-refractivity contribution in [3.8, 4) is 22.5 Å². The van der Waals surface area contributed by atoms with Crippen LogP contribution in [0.25, 0.3) is 22.5 Å². The number of H-pyrrole nitrogens is 5. The Morgan fingerprint density at radius 2 is 1.10 bits per heavy atom. The van der Waals surface area contributed by atoms with Crippen LogP contribution in [0.3, 0.4) is 0 Å². The van der Waals surface area contributed by atoms with E-state index in [-0.39, 0.29) is 41.1 Å². The van der Waals surface area contributed by atoms with E-state index in [9.17, 15) is 33.6 Å². The van der Waals surface area contributed by atoms with Crippen LogP contribution in [0.5, 0.6) is 0 Å². The molecule has 0 unspecified atom stereocenters. The molecule has 0 atom stereocenters. The highest BCUT2D eigenvalue weighted by Crippen LogP contribution is 2.19. The van der Waals surface area contributed by atoms with E-state index in [0.29, 0.717) is 25.5 Å². The van der Waals surface area contributed by atoms with Gasteiger partial charge in [0.1, 0.15) is 11.6 Å². The van der Waals surface area contributed by atoms with E-state index in [1.165, 1.54) is 37.8 Å². The zero-order chi connectivity index (χ0) is 50.0. The van der Waals surface area contributed by atoms with Crippen LogP contribution in [0.2, 0.25) is 5.15 Å². The van der Waals surface area contributed by atoms with Crippen molar-refractivity contribution in [1.82, 2.24) is 45.3 Å². The SMILES string of the molecule is CCOC(=O)CC(=O)c1cnc(C)c(I)c1.COC(=O)c1cnc(Cl)c(I)c1.Cc1ncc(-c2cc(=O)[nH][nH]2)cc1I.Cc1ncc(C(=O)O)cc1I.O=c1cc(-c2c[nH]c(=O)c(I)c2)[nH][nH]1. The van der Waals surface area contributed by atoms with Gasteiger partial charge in [0.05, 0.1) is 60.5 Å². The van der Waals surface area contributed by atoms with Crippen molar-refractivity contribution in [1.29, 1.82) is 0 Å². The number of methoxy groups -OCH3 is 1. The number of nitrogens with zero attached hydrogens (tertiary/aromatic N) is 4. The van der Waals surface area contributed by atoms with Gasteiger partial charge >= 0.3 is 17.9 Å². The molecule has 7 rings (SSSR count). The summed E-state index contributed by atoms with van der Waals surface area (Å²) in [4.78, 5) is 95.6. The first-order valence-corrected chi connectivity index (χ1v) is 24.5. The molecule has 352 valence electrons. The molecule has 0 saturated carbocycles. The summed E-state index contributed by atoms with van der Waals surface area (Å²) in [5.41, 5.74) is 6.46. The molecule has 0 radical (unpaired) electrons. The van der Waals surface area contributed by atoms with Gasteiger partial charge in [0.2, 0.25) is 0 Å². The van der Waals surface area contributed by atoms with Crippen molar-refractivity contribution in [2.75, 3.05) is 13.7 Å². The molecule has 0 amide bonds. The minimum Gasteiger partial charge on any atom is -0.478 e. The average molecular weight is 1500 g/mol. The lowest BCUT2D eigenvalue weighted by molar-refractivity contribution is -0.141. The first-order valence-electron chi connectivity index (χ1n) is 18.8. The van der Waals surface area contributed by atoms with E-state index in [0.717, 1.165) is 48.2 Å². The number of aromatic carboxylic acids is 1. The third-order valence-corrected chi connectivity index (χ3v) is 13.7. The highest BCUT2D eigenvalue weighted by atomic mass is 127. The Labute approximate surface area is 453 Å². The predicted octanol–water partition coefficient (Wildman–Crippen LogP) is 8.29. The molecule has 0 aliphatic carbocycles. The summed E-state index contributed by atoms with van der Waals surface area (Å²) in [5, 5.41) is 19.4. The Morgan fingerprint density at radius 3 is 1.57 bits per heavy atom. The summed E-state index contributed by atoms with van der Waals surface area (Å²) in [5.74, 6) is -2.10. The number of carbonyl (C=O) groups is 4. The van der Waals surface area contributed by atoms with Crippen LogP contribution in [0.15, 0.2) is 87.8 Å². The molecule has 0 aliphatic rings. The van der Waals surface area contributed by atoms with Crippen LogP contribution >= 0.6 is 125 Å². The molecule has 0 aromatic carbocycles. The van der Waals surface area contributed by atoms with Crippen LogP contribution in [-0.2, 0) is 14.3 Å². The summed E-state index contributed by atoms with van der Waals surface area (Å²) >= 11 is 16.0. The second kappa shape index (κ2) is 28.2. The van der Waals surface area contributed by atoms with Crippen LogP contribution < -0.4 is 16.7 Å². The molecule has 7 aromatic heterocycles. The summed E-state index contributed by atoms with van der Waals surface area (Å²) in [6.45, 7) is 7.65. The molecule has 19 nitrogen and oxygen atoms in total. The number of ether oxygens (including phenoxy) is 2. The fraction of sp³-hybridized carbons (Fsp3) is 0.167. The van der Waals surface area contributed by atoms with E-state index < -0.39 is 17.9 Å². The number of Topliss-reactive ketones (excluding diaryl/α,β-unsaturated/α-hetero) is 1. The predicted molar refractivity (Wildman–Crippen MR) is 292 cm³/mol. The maximum absolute atomic E-state index is 11.6. The van der Waals surface area contributed by atoms with E-state index in [2.05, 4.69) is 118 Å². The van der Waals surface area contributed by atoms with Crippen molar-refractivity contribution in [2.45, 2.75) is 34.1 Å². The highest BCUT2D eigenvalue weighted by molar-refractivity contribution is 14.1. The quantitative estimate of drug-likeness (QED) is 0.0274. The monoisotopic (exact) mass is 1500 g/mol. The zero-order valence-corrected chi connectivity index (χ0v) is 47.1. The Morgan fingerprint density at radius 1 is 0.627 bits per heavy atom. The number of esters is 2. The normalized spacial score (nSPS) is 10.0. The molecule has 0 saturated heterocycles. The van der Waals surface area contributed by atoms with Crippen molar-refractivity contribution in [3.05, 3.63) is 161 Å². The second-order valence-electron chi connectivity index (χ2n) is 13.0. The lowest BCUT2D eigenvalue weighted by Crippen LogP contribution is -2.12. The topological polar surface area (TPSA) is 289 Å². The van der Waals surface area contributed by atoms with Gasteiger partial charge in [-0.15, -0.1) is 0 Å². The molecular formula is C42H37ClI5N9O10. The lowest BCUT2D eigenvalue weighted by atomic mass is 10.1. The first kappa shape index (κ1) is 56.9. The van der Waals surface area contributed by atoms with Crippen LogP contribution in [-0.4, -0.2) is 87.8 Å². The van der Waals surface area contributed by atoms with Gasteiger partial charge in [0, 0.05) is 70.5 Å². The Kier molecular flexibility index (Phi) is 23.9. The molecule has 7 heterocycles. The van der Waals surface area contributed by atoms with E-state index in [1.807, 2.05) is 72.0 Å². The molecule has 67 heavy (non-hydrogen) atoms. The second-order valence-corrected chi connectivity index (χ2v) is 19.2. The van der Waals surface area contributed by atoms with Gasteiger partial charge in [-0.2, -0.15) is 0 Å². The van der Waals surface area contributed by atoms with Gasteiger partial charge < -0.3 is 19.6 Å². The number of hydrogen-bond acceptors (Lipinski definition) is 13. The van der Waals surface area contributed by atoms with Crippen molar-refractivity contribution in [3.63, 3.8) is 0 Å². The number of nitrogens with one attached hydrogen (secondary N) is 5. The number of halogens is 6. The third kappa shape index (κ3) is 18.9. The Hall–Kier alpha value is -4.41. The van der Waals surface area contributed by atoms with Gasteiger partial charge in [0.25, 0.3) is 16.7 Å². The fourth-order valence-electron chi connectivity index (χ4n) is 4.62. The van der Waals surface area contributed by atoms with E-state index >= 15 is 0 Å². The maximum Gasteiger partial charge on any atom is 0.339 e. The highest BCUT2D eigenvalue weighted by Gasteiger charge is 2.14. The number of hydrogen-bond donors (Lipinski definition) is 6. The molecule has 0 fully saturated rings. The molecule has 0 bridgehead atoms. The molecular weight excluding hydrogens is 1460 g/mol. The standard InChI is InChI=1S/C11H12INO3.C9H8IN3O.C8H6IN3O2.C7H5ClINO2.C7H6INO2/c1-3-16-11(15)5-10(14)8-4-9(12)7(2)13-6-8;1-5-7(10)2-6(4-11-5)8-3-9(14)13-12-8;9-5-1-4(3-10-8(5)14)6-2-7(13)12-11-6;1-12-7(11)4-2-5(9)6(8)10-3-4;1-4-6(8)2-5(3-9-4)7(10)11/h4,6H,3,5H2,1-2H3;2-4H,1H3,(H2,12,13,14);1-3H,(H,10,14)(H2,11,12,13);2-3H,1H3;2-3H,1H3,(H,10,11).